The van der Waals surface area contributed by atoms with E-state index in [1.807, 2.05) is 19.0 Å². The van der Waals surface area contributed by atoms with Crippen molar-refractivity contribution in [3.63, 3.8) is 0 Å². The van der Waals surface area contributed by atoms with Crippen LogP contribution in [0.1, 0.15) is 44.2 Å². The van der Waals surface area contributed by atoms with Crippen LogP contribution in [0.2, 0.25) is 0 Å². The van der Waals surface area contributed by atoms with Gasteiger partial charge in [-0.15, -0.1) is 0 Å². The SMILES string of the molecule is CCCCN1CCCC1c1ccc(N(C)C)nc1. The second kappa shape index (κ2) is 6.19. The summed E-state index contributed by atoms with van der Waals surface area (Å²) in [5.41, 5.74) is 1.38. The van der Waals surface area contributed by atoms with Crippen molar-refractivity contribution in [1.82, 2.24) is 9.88 Å². The van der Waals surface area contributed by atoms with Crippen molar-refractivity contribution >= 4 is 5.82 Å². The number of hydrogen-bond acceptors (Lipinski definition) is 3. The Morgan fingerprint density at radius 2 is 2.22 bits per heavy atom. The van der Waals surface area contributed by atoms with Crippen molar-refractivity contribution in [2.24, 2.45) is 0 Å². The number of rotatable bonds is 5. The molecule has 0 amide bonds. The van der Waals surface area contributed by atoms with Crippen molar-refractivity contribution in [2.45, 2.75) is 38.6 Å². The average Bonchev–Trinajstić information content (AvgIpc) is 2.84. The van der Waals surface area contributed by atoms with E-state index >= 15 is 0 Å². The fourth-order valence-corrected chi connectivity index (χ4v) is 2.69. The lowest BCUT2D eigenvalue weighted by Crippen LogP contribution is -2.24. The van der Waals surface area contributed by atoms with E-state index in [0.29, 0.717) is 6.04 Å². The lowest BCUT2D eigenvalue weighted by Gasteiger charge is -2.24. The van der Waals surface area contributed by atoms with E-state index < -0.39 is 0 Å². The highest BCUT2D eigenvalue weighted by atomic mass is 15.2. The predicted molar refractivity (Wildman–Crippen MR) is 77.0 cm³/mol. The maximum Gasteiger partial charge on any atom is 0.127 e. The molecule has 2 rings (SSSR count). The predicted octanol–water partition coefficient (Wildman–Crippen LogP) is 3.08. The zero-order chi connectivity index (χ0) is 13.0. The van der Waals surface area contributed by atoms with Gasteiger partial charge >= 0.3 is 0 Å². The van der Waals surface area contributed by atoms with Crippen LogP contribution in [0, 0.1) is 0 Å². The zero-order valence-electron chi connectivity index (χ0n) is 11.9. The van der Waals surface area contributed by atoms with Gasteiger partial charge < -0.3 is 4.90 Å². The van der Waals surface area contributed by atoms with Gasteiger partial charge in [0.25, 0.3) is 0 Å². The molecule has 3 nitrogen and oxygen atoms in total. The second-order valence-corrected chi connectivity index (χ2v) is 5.39. The van der Waals surface area contributed by atoms with Crippen LogP contribution in [0.25, 0.3) is 0 Å². The molecule has 1 unspecified atom stereocenters. The molecule has 1 aliphatic rings. The highest BCUT2D eigenvalue weighted by Gasteiger charge is 2.25. The molecule has 3 heteroatoms. The fourth-order valence-electron chi connectivity index (χ4n) is 2.69. The summed E-state index contributed by atoms with van der Waals surface area (Å²) in [5.74, 6) is 1.04. The molecule has 0 N–H and O–H groups in total. The van der Waals surface area contributed by atoms with E-state index in [1.54, 1.807) is 0 Å². The third-order valence-corrected chi connectivity index (χ3v) is 3.78. The largest absolute Gasteiger partial charge is 0.363 e. The molecule has 18 heavy (non-hydrogen) atoms. The maximum atomic E-state index is 4.54. The Balaban J connectivity index is 2.05. The quantitative estimate of drug-likeness (QED) is 0.797. The van der Waals surface area contributed by atoms with Crippen LogP contribution in [0.4, 0.5) is 5.82 Å². The molecule has 1 fully saturated rings. The van der Waals surface area contributed by atoms with Gasteiger partial charge in [0, 0.05) is 26.3 Å². The minimum absolute atomic E-state index is 0.597. The Kier molecular flexibility index (Phi) is 4.59. The molecule has 1 aromatic heterocycles. The second-order valence-electron chi connectivity index (χ2n) is 5.39. The van der Waals surface area contributed by atoms with Crippen LogP contribution < -0.4 is 4.90 Å². The topological polar surface area (TPSA) is 19.4 Å². The molecule has 0 aromatic carbocycles. The number of anilines is 1. The van der Waals surface area contributed by atoms with Crippen LogP contribution in [0.5, 0.6) is 0 Å². The summed E-state index contributed by atoms with van der Waals surface area (Å²) >= 11 is 0. The molecule has 0 aliphatic carbocycles. The van der Waals surface area contributed by atoms with Crippen LogP contribution >= 0.6 is 0 Å². The van der Waals surface area contributed by atoms with Crippen LogP contribution in [0.15, 0.2) is 18.3 Å². The van der Waals surface area contributed by atoms with Gasteiger partial charge in [-0.25, -0.2) is 4.98 Å². The standard InChI is InChI=1S/C15H25N3/c1-4-5-10-18-11-6-7-14(18)13-8-9-15(16-12-13)17(2)3/h8-9,12,14H,4-7,10-11H2,1-3H3. The highest BCUT2D eigenvalue weighted by molar-refractivity contribution is 5.37. The molecule has 1 aliphatic heterocycles. The smallest absolute Gasteiger partial charge is 0.127 e. The molecule has 100 valence electrons. The summed E-state index contributed by atoms with van der Waals surface area (Å²) in [6.07, 6.45) is 7.25. The van der Waals surface area contributed by atoms with Crippen molar-refractivity contribution in [2.75, 3.05) is 32.1 Å². The Labute approximate surface area is 111 Å². The van der Waals surface area contributed by atoms with E-state index in [2.05, 4.69) is 35.1 Å². The van der Waals surface area contributed by atoms with E-state index in [0.717, 1.165) is 5.82 Å². The lowest BCUT2D eigenvalue weighted by molar-refractivity contribution is 0.253. The molecule has 1 atom stereocenters. The summed E-state index contributed by atoms with van der Waals surface area (Å²) in [4.78, 5) is 9.21. The molecule has 0 saturated carbocycles. The van der Waals surface area contributed by atoms with Crippen LogP contribution in [0.3, 0.4) is 0 Å². The molecule has 0 spiro atoms. The summed E-state index contributed by atoms with van der Waals surface area (Å²) in [6.45, 7) is 4.75. The van der Waals surface area contributed by atoms with E-state index in [-0.39, 0.29) is 0 Å². The minimum Gasteiger partial charge on any atom is -0.363 e. The Bertz CT molecular complexity index is 359. The first kappa shape index (κ1) is 13.3. The monoisotopic (exact) mass is 247 g/mol. The van der Waals surface area contributed by atoms with Gasteiger partial charge in [0.15, 0.2) is 0 Å². The number of pyridine rings is 1. The van der Waals surface area contributed by atoms with Crippen LogP contribution in [-0.4, -0.2) is 37.1 Å². The van der Waals surface area contributed by atoms with E-state index in [9.17, 15) is 0 Å². The normalized spacial score (nSPS) is 20.3. The van der Waals surface area contributed by atoms with Gasteiger partial charge in [-0.05, 0) is 44.0 Å². The minimum atomic E-state index is 0.597. The summed E-state index contributed by atoms with van der Waals surface area (Å²) < 4.78 is 0. The summed E-state index contributed by atoms with van der Waals surface area (Å²) in [6, 6.07) is 4.98. The van der Waals surface area contributed by atoms with Crippen molar-refractivity contribution in [3.05, 3.63) is 23.9 Å². The Morgan fingerprint density at radius 1 is 1.39 bits per heavy atom. The first-order chi connectivity index (χ1) is 8.72. The van der Waals surface area contributed by atoms with Crippen molar-refractivity contribution < 1.29 is 0 Å². The van der Waals surface area contributed by atoms with Gasteiger partial charge in [-0.1, -0.05) is 19.4 Å². The molecular formula is C15H25N3. The Hall–Kier alpha value is -1.09. The number of likely N-dealkylation sites (tertiary alicyclic amines) is 1. The summed E-state index contributed by atoms with van der Waals surface area (Å²) in [7, 11) is 4.07. The lowest BCUT2D eigenvalue weighted by atomic mass is 10.1. The summed E-state index contributed by atoms with van der Waals surface area (Å²) in [5, 5.41) is 0. The zero-order valence-corrected chi connectivity index (χ0v) is 11.9. The van der Waals surface area contributed by atoms with Crippen molar-refractivity contribution in [3.8, 4) is 0 Å². The van der Waals surface area contributed by atoms with Gasteiger partial charge in [0.1, 0.15) is 5.82 Å². The molecule has 0 radical (unpaired) electrons. The van der Waals surface area contributed by atoms with Gasteiger partial charge in [0.05, 0.1) is 0 Å². The van der Waals surface area contributed by atoms with E-state index in [1.165, 1.54) is 44.3 Å². The number of nitrogens with zero attached hydrogens (tertiary/aromatic N) is 3. The molecular weight excluding hydrogens is 222 g/mol. The maximum absolute atomic E-state index is 4.54. The third kappa shape index (κ3) is 3.02. The third-order valence-electron chi connectivity index (χ3n) is 3.78. The average molecular weight is 247 g/mol. The van der Waals surface area contributed by atoms with Crippen LogP contribution in [-0.2, 0) is 0 Å². The fraction of sp³-hybridized carbons (Fsp3) is 0.667. The molecule has 0 bridgehead atoms. The Morgan fingerprint density at radius 3 is 2.83 bits per heavy atom. The first-order valence-corrected chi connectivity index (χ1v) is 7.09. The first-order valence-electron chi connectivity index (χ1n) is 7.09. The molecule has 1 aromatic rings. The van der Waals surface area contributed by atoms with E-state index in [4.69, 9.17) is 0 Å². The van der Waals surface area contributed by atoms with Gasteiger partial charge in [-0.2, -0.15) is 0 Å². The molecule has 1 saturated heterocycles. The number of unbranched alkanes of at least 4 members (excludes halogenated alkanes) is 1. The number of hydrogen-bond donors (Lipinski definition) is 0. The number of aromatic nitrogens is 1. The van der Waals surface area contributed by atoms with Crippen molar-refractivity contribution in [1.29, 1.82) is 0 Å². The highest BCUT2D eigenvalue weighted by Crippen LogP contribution is 2.32. The van der Waals surface area contributed by atoms with Gasteiger partial charge in [-0.3, -0.25) is 4.90 Å². The van der Waals surface area contributed by atoms with Gasteiger partial charge in [0.2, 0.25) is 0 Å². The molecule has 2 heterocycles.